The molecule has 0 bridgehead atoms. The molecule has 0 N–H and O–H groups in total. The Morgan fingerprint density at radius 2 is 1.72 bits per heavy atom. The molecule has 1 aromatic rings. The molecule has 1 atom stereocenters. The zero-order chi connectivity index (χ0) is 21.0. The first-order chi connectivity index (χ1) is 13.8. The van der Waals surface area contributed by atoms with Gasteiger partial charge in [-0.25, -0.2) is 12.8 Å². The number of hydrogen-bond acceptors (Lipinski definition) is 5. The van der Waals surface area contributed by atoms with Crippen molar-refractivity contribution >= 4 is 21.9 Å². The van der Waals surface area contributed by atoms with Crippen molar-refractivity contribution in [2.24, 2.45) is 11.8 Å². The molecule has 3 rings (SSSR count). The van der Waals surface area contributed by atoms with E-state index in [1.54, 1.807) is 11.8 Å². The van der Waals surface area contributed by atoms with Gasteiger partial charge in [0, 0.05) is 26.2 Å². The van der Waals surface area contributed by atoms with Gasteiger partial charge in [-0.05, 0) is 56.9 Å². The molecule has 1 amide bonds. The van der Waals surface area contributed by atoms with Crippen molar-refractivity contribution in [3.05, 3.63) is 30.1 Å². The molecule has 0 aromatic heterocycles. The first-order valence-corrected chi connectivity index (χ1v) is 11.5. The molecule has 2 aliphatic rings. The lowest BCUT2D eigenvalue weighted by atomic mass is 9.93. The van der Waals surface area contributed by atoms with Crippen LogP contribution in [0.3, 0.4) is 0 Å². The van der Waals surface area contributed by atoms with E-state index in [1.165, 1.54) is 16.4 Å². The van der Waals surface area contributed by atoms with Crippen LogP contribution in [0.4, 0.5) is 4.39 Å². The summed E-state index contributed by atoms with van der Waals surface area (Å²) in [6, 6.07) is 4.73. The van der Waals surface area contributed by atoms with Crippen molar-refractivity contribution in [3.63, 3.8) is 0 Å². The molecule has 2 saturated heterocycles. The third-order valence-corrected chi connectivity index (χ3v) is 7.49. The molecule has 0 radical (unpaired) electrons. The van der Waals surface area contributed by atoms with Crippen LogP contribution in [0.1, 0.15) is 32.6 Å². The summed E-state index contributed by atoms with van der Waals surface area (Å²) in [4.78, 5) is 26.6. The Balaban J connectivity index is 1.61. The van der Waals surface area contributed by atoms with Crippen molar-refractivity contribution in [2.45, 2.75) is 37.5 Å². The van der Waals surface area contributed by atoms with E-state index in [0.29, 0.717) is 51.9 Å². The fourth-order valence-corrected chi connectivity index (χ4v) is 5.50. The molecule has 160 valence electrons. The summed E-state index contributed by atoms with van der Waals surface area (Å²) in [5, 5.41) is 0. The number of rotatable bonds is 5. The standard InChI is InChI=1S/C20H27FN2O5S/c1-2-28-20(25)15-9-12-22(13-10-15)19(24)16-4-3-11-23(14-16)29(26,27)18-7-5-17(21)6-8-18/h5-8,15-16H,2-4,9-14H2,1H3/t16-/m1/s1. The van der Waals surface area contributed by atoms with E-state index in [4.69, 9.17) is 4.74 Å². The number of amides is 1. The molecule has 2 aliphatic heterocycles. The van der Waals surface area contributed by atoms with Crippen LogP contribution in [0, 0.1) is 17.7 Å². The van der Waals surface area contributed by atoms with Crippen molar-refractivity contribution in [1.29, 1.82) is 0 Å². The van der Waals surface area contributed by atoms with Gasteiger partial charge in [0.2, 0.25) is 15.9 Å². The summed E-state index contributed by atoms with van der Waals surface area (Å²) in [6.07, 6.45) is 2.35. The molecule has 2 heterocycles. The molecule has 0 saturated carbocycles. The molecule has 0 spiro atoms. The number of carbonyl (C=O) groups excluding carboxylic acids is 2. The van der Waals surface area contributed by atoms with E-state index in [1.807, 2.05) is 0 Å². The lowest BCUT2D eigenvalue weighted by Crippen LogP contribution is -2.49. The van der Waals surface area contributed by atoms with E-state index in [9.17, 15) is 22.4 Å². The highest BCUT2D eigenvalue weighted by Crippen LogP contribution is 2.27. The van der Waals surface area contributed by atoms with Gasteiger partial charge in [-0.1, -0.05) is 0 Å². The van der Waals surface area contributed by atoms with Gasteiger partial charge in [-0.15, -0.1) is 0 Å². The fourth-order valence-electron chi connectivity index (χ4n) is 3.97. The summed E-state index contributed by atoms with van der Waals surface area (Å²) in [6.45, 7) is 3.53. The molecular formula is C20H27FN2O5S. The van der Waals surface area contributed by atoms with E-state index < -0.39 is 21.8 Å². The average Bonchev–Trinajstić information content (AvgIpc) is 2.74. The Hall–Kier alpha value is -2.00. The lowest BCUT2D eigenvalue weighted by Gasteiger charge is -2.37. The van der Waals surface area contributed by atoms with Gasteiger partial charge in [0.25, 0.3) is 0 Å². The normalized spacial score (nSPS) is 21.7. The summed E-state index contributed by atoms with van der Waals surface area (Å²) >= 11 is 0. The Morgan fingerprint density at radius 3 is 2.34 bits per heavy atom. The first kappa shape index (κ1) is 21.7. The summed E-state index contributed by atoms with van der Waals surface area (Å²) < 4.78 is 45.2. The predicted molar refractivity (Wildman–Crippen MR) is 104 cm³/mol. The first-order valence-electron chi connectivity index (χ1n) is 10.0. The molecule has 1 aromatic carbocycles. The summed E-state index contributed by atoms with van der Waals surface area (Å²) in [5.41, 5.74) is 0. The Labute approximate surface area is 170 Å². The van der Waals surface area contributed by atoms with E-state index in [2.05, 4.69) is 0 Å². The highest BCUT2D eigenvalue weighted by atomic mass is 32.2. The van der Waals surface area contributed by atoms with Gasteiger partial charge >= 0.3 is 5.97 Å². The Bertz CT molecular complexity index is 835. The number of ether oxygens (including phenoxy) is 1. The predicted octanol–water partition coefficient (Wildman–Crippen LogP) is 2.03. The Kier molecular flexibility index (Phi) is 6.89. The Morgan fingerprint density at radius 1 is 1.07 bits per heavy atom. The summed E-state index contributed by atoms with van der Waals surface area (Å²) in [7, 11) is -3.77. The zero-order valence-corrected chi connectivity index (χ0v) is 17.4. The van der Waals surface area contributed by atoms with Crippen LogP contribution in [0.5, 0.6) is 0 Å². The molecular weight excluding hydrogens is 399 g/mol. The third kappa shape index (κ3) is 4.95. The molecule has 7 nitrogen and oxygen atoms in total. The molecule has 0 unspecified atom stereocenters. The number of benzene rings is 1. The highest BCUT2D eigenvalue weighted by Gasteiger charge is 2.36. The van der Waals surface area contributed by atoms with Crippen LogP contribution in [0.2, 0.25) is 0 Å². The maximum absolute atomic E-state index is 13.1. The van der Waals surface area contributed by atoms with Crippen LogP contribution in [-0.4, -0.2) is 62.3 Å². The van der Waals surface area contributed by atoms with Crippen LogP contribution in [-0.2, 0) is 24.3 Å². The topological polar surface area (TPSA) is 84.0 Å². The van der Waals surface area contributed by atoms with Gasteiger partial charge in [0.15, 0.2) is 0 Å². The number of esters is 1. The van der Waals surface area contributed by atoms with Crippen LogP contribution in [0.15, 0.2) is 29.2 Å². The second-order valence-corrected chi connectivity index (χ2v) is 9.45. The third-order valence-electron chi connectivity index (χ3n) is 5.61. The lowest BCUT2D eigenvalue weighted by molar-refractivity contribution is -0.152. The SMILES string of the molecule is CCOC(=O)C1CCN(C(=O)[C@@H]2CCCN(S(=O)(=O)c3ccc(F)cc3)C2)CC1. The second-order valence-electron chi connectivity index (χ2n) is 7.51. The maximum atomic E-state index is 13.1. The highest BCUT2D eigenvalue weighted by molar-refractivity contribution is 7.89. The smallest absolute Gasteiger partial charge is 0.309 e. The van der Waals surface area contributed by atoms with Gasteiger partial charge < -0.3 is 9.64 Å². The van der Waals surface area contributed by atoms with Gasteiger partial charge in [0.05, 0.1) is 23.3 Å². The van der Waals surface area contributed by atoms with Crippen LogP contribution < -0.4 is 0 Å². The van der Waals surface area contributed by atoms with Gasteiger partial charge in [-0.3, -0.25) is 9.59 Å². The summed E-state index contributed by atoms with van der Waals surface area (Å²) in [5.74, 6) is -1.36. The molecule has 9 heteroatoms. The van der Waals surface area contributed by atoms with Crippen LogP contribution in [0.25, 0.3) is 0 Å². The number of halogens is 1. The van der Waals surface area contributed by atoms with Gasteiger partial charge in [0.1, 0.15) is 5.82 Å². The number of hydrogen-bond donors (Lipinski definition) is 0. The van der Waals surface area contributed by atoms with E-state index in [0.717, 1.165) is 12.1 Å². The number of nitrogens with zero attached hydrogens (tertiary/aromatic N) is 2. The van der Waals surface area contributed by atoms with Crippen LogP contribution >= 0.6 is 0 Å². The minimum atomic E-state index is -3.77. The largest absolute Gasteiger partial charge is 0.466 e. The minimum absolute atomic E-state index is 0.0299. The van der Waals surface area contributed by atoms with Gasteiger partial charge in [-0.2, -0.15) is 4.31 Å². The number of piperidine rings is 2. The van der Waals surface area contributed by atoms with E-state index >= 15 is 0 Å². The van der Waals surface area contributed by atoms with Crippen molar-refractivity contribution in [3.8, 4) is 0 Å². The second kappa shape index (κ2) is 9.21. The maximum Gasteiger partial charge on any atom is 0.309 e. The molecule has 0 aliphatic carbocycles. The zero-order valence-electron chi connectivity index (χ0n) is 16.5. The number of likely N-dealkylation sites (tertiary alicyclic amines) is 1. The van der Waals surface area contributed by atoms with Crippen molar-refractivity contribution < 1.29 is 27.1 Å². The van der Waals surface area contributed by atoms with Crippen molar-refractivity contribution in [1.82, 2.24) is 9.21 Å². The monoisotopic (exact) mass is 426 g/mol. The number of carbonyl (C=O) groups is 2. The molecule has 29 heavy (non-hydrogen) atoms. The number of sulfonamides is 1. The van der Waals surface area contributed by atoms with E-state index in [-0.39, 0.29) is 29.2 Å². The molecule has 2 fully saturated rings. The van der Waals surface area contributed by atoms with Crippen molar-refractivity contribution in [2.75, 3.05) is 32.8 Å². The fraction of sp³-hybridized carbons (Fsp3) is 0.600. The minimum Gasteiger partial charge on any atom is -0.466 e. The quantitative estimate of drug-likeness (QED) is 0.673. The average molecular weight is 427 g/mol.